The molecule has 0 fully saturated rings. The van der Waals surface area contributed by atoms with Gasteiger partial charge in [0.15, 0.2) is 5.76 Å². The Labute approximate surface area is 225 Å². The first-order valence-electron chi connectivity index (χ1n) is 13.8. The van der Waals surface area contributed by atoms with Crippen molar-refractivity contribution in [2.24, 2.45) is 0 Å². The highest BCUT2D eigenvalue weighted by Crippen LogP contribution is 2.47. The lowest BCUT2D eigenvalue weighted by Gasteiger charge is -2.42. The zero-order valence-electron chi connectivity index (χ0n) is 23.1. The summed E-state index contributed by atoms with van der Waals surface area (Å²) in [5.41, 5.74) is 7.97. The number of rotatable bonds is 5. The number of fused-ring (bicyclic) bond motifs is 4. The molecule has 4 nitrogen and oxygen atoms in total. The molecule has 1 aromatic heterocycles. The number of allylic oxidation sites excluding steroid dienone is 2. The molecule has 2 unspecified atom stereocenters. The number of furan rings is 1. The molecule has 0 radical (unpaired) electrons. The quantitative estimate of drug-likeness (QED) is 0.391. The molecule has 38 heavy (non-hydrogen) atoms. The van der Waals surface area contributed by atoms with Crippen LogP contribution in [0.1, 0.15) is 96.2 Å². The lowest BCUT2D eigenvalue weighted by Crippen LogP contribution is -2.34. The SMILES string of the molecule is Cc1cc2c(cc1Cc1ccc(C(=O)NCc3cccc4c3OC3C=CC=CC43)o1)C(C)(C)CCC2(C)C. The Morgan fingerprint density at radius 3 is 2.47 bits per heavy atom. The zero-order valence-corrected chi connectivity index (χ0v) is 23.1. The number of benzene rings is 2. The Morgan fingerprint density at radius 1 is 0.947 bits per heavy atom. The average molecular weight is 508 g/mol. The van der Waals surface area contributed by atoms with Crippen LogP contribution in [-0.4, -0.2) is 12.0 Å². The van der Waals surface area contributed by atoms with Crippen molar-refractivity contribution in [3.8, 4) is 5.75 Å². The summed E-state index contributed by atoms with van der Waals surface area (Å²) in [6.07, 6.45) is 11.4. The second kappa shape index (κ2) is 9.04. The highest BCUT2D eigenvalue weighted by atomic mass is 16.5. The van der Waals surface area contributed by atoms with Gasteiger partial charge < -0.3 is 14.5 Å². The minimum absolute atomic E-state index is 0.0307. The summed E-state index contributed by atoms with van der Waals surface area (Å²) in [7, 11) is 0. The predicted molar refractivity (Wildman–Crippen MR) is 151 cm³/mol. The van der Waals surface area contributed by atoms with Gasteiger partial charge in [0, 0.05) is 30.0 Å². The number of amides is 1. The molecule has 2 heterocycles. The molecule has 3 aromatic rings. The van der Waals surface area contributed by atoms with Crippen LogP contribution in [0.15, 0.2) is 71.2 Å². The Hall–Kier alpha value is -3.53. The molecule has 3 aliphatic rings. The molecule has 2 atom stereocenters. The van der Waals surface area contributed by atoms with E-state index in [1.165, 1.54) is 40.7 Å². The molecule has 0 saturated carbocycles. The van der Waals surface area contributed by atoms with Crippen LogP contribution >= 0.6 is 0 Å². The van der Waals surface area contributed by atoms with E-state index in [1.807, 2.05) is 24.3 Å². The van der Waals surface area contributed by atoms with E-state index in [-0.39, 0.29) is 28.8 Å². The number of nitrogens with one attached hydrogen (secondary N) is 1. The highest BCUT2D eigenvalue weighted by molar-refractivity contribution is 5.91. The Morgan fingerprint density at radius 2 is 1.68 bits per heavy atom. The molecule has 0 bridgehead atoms. The molecule has 0 spiro atoms. The van der Waals surface area contributed by atoms with Gasteiger partial charge in [-0.25, -0.2) is 0 Å². The number of carbonyl (C=O) groups is 1. The van der Waals surface area contributed by atoms with Gasteiger partial charge in [-0.05, 0) is 71.1 Å². The Kier molecular flexibility index (Phi) is 5.90. The number of para-hydroxylation sites is 1. The Balaban J connectivity index is 1.16. The fraction of sp³-hybridized carbons (Fsp3) is 0.382. The van der Waals surface area contributed by atoms with Crippen molar-refractivity contribution in [2.75, 3.05) is 0 Å². The van der Waals surface area contributed by atoms with Gasteiger partial charge in [-0.15, -0.1) is 0 Å². The van der Waals surface area contributed by atoms with E-state index < -0.39 is 0 Å². The monoisotopic (exact) mass is 507 g/mol. The van der Waals surface area contributed by atoms with Crippen LogP contribution < -0.4 is 10.1 Å². The predicted octanol–water partition coefficient (Wildman–Crippen LogP) is 7.43. The van der Waals surface area contributed by atoms with E-state index in [9.17, 15) is 4.79 Å². The van der Waals surface area contributed by atoms with E-state index in [0.29, 0.717) is 18.7 Å². The molecular formula is C34H37NO3. The second-order valence-electron chi connectivity index (χ2n) is 12.4. The molecule has 2 aromatic carbocycles. The first-order valence-corrected chi connectivity index (χ1v) is 13.8. The summed E-state index contributed by atoms with van der Waals surface area (Å²) in [5.74, 6) is 2.05. The maximum absolute atomic E-state index is 13.0. The standard InChI is InChI=1S/C34H37NO3/c1-21-17-27-28(34(4,5)16-15-33(27,2)3)19-23(21)18-24-13-14-30(37-24)32(36)35-20-22-9-8-11-26-25-10-6-7-12-29(25)38-31(22)26/h6-14,17,19,25,29H,15-16,18,20H2,1-5H3,(H,35,36). The molecule has 0 saturated heterocycles. The van der Waals surface area contributed by atoms with Crippen molar-refractivity contribution < 1.29 is 13.9 Å². The lowest BCUT2D eigenvalue weighted by atomic mass is 9.62. The third kappa shape index (κ3) is 4.30. The van der Waals surface area contributed by atoms with Crippen LogP contribution in [0.25, 0.3) is 0 Å². The topological polar surface area (TPSA) is 51.5 Å². The van der Waals surface area contributed by atoms with Gasteiger partial charge in [-0.1, -0.05) is 76.3 Å². The highest BCUT2D eigenvalue weighted by Gasteiger charge is 2.37. The van der Waals surface area contributed by atoms with Crippen molar-refractivity contribution in [2.45, 2.75) is 83.3 Å². The summed E-state index contributed by atoms with van der Waals surface area (Å²) in [5, 5.41) is 3.03. The lowest BCUT2D eigenvalue weighted by molar-refractivity contribution is 0.0921. The van der Waals surface area contributed by atoms with Crippen molar-refractivity contribution in [3.05, 3.63) is 112 Å². The van der Waals surface area contributed by atoms with Gasteiger partial charge in [0.2, 0.25) is 0 Å². The summed E-state index contributed by atoms with van der Waals surface area (Å²) >= 11 is 0. The van der Waals surface area contributed by atoms with Gasteiger partial charge in [0.25, 0.3) is 5.91 Å². The third-order valence-electron chi connectivity index (χ3n) is 8.82. The summed E-state index contributed by atoms with van der Waals surface area (Å²) in [6.45, 7) is 12.0. The van der Waals surface area contributed by atoms with Crippen LogP contribution in [0, 0.1) is 6.92 Å². The summed E-state index contributed by atoms with van der Waals surface area (Å²) in [4.78, 5) is 13.0. The van der Waals surface area contributed by atoms with Gasteiger partial charge >= 0.3 is 0 Å². The third-order valence-corrected chi connectivity index (χ3v) is 8.82. The van der Waals surface area contributed by atoms with E-state index in [2.05, 4.69) is 76.4 Å². The van der Waals surface area contributed by atoms with Crippen LogP contribution in [-0.2, 0) is 23.8 Å². The molecule has 4 heteroatoms. The summed E-state index contributed by atoms with van der Waals surface area (Å²) in [6, 6.07) is 14.6. The molecule has 1 N–H and O–H groups in total. The number of carbonyl (C=O) groups excluding carboxylic acids is 1. The van der Waals surface area contributed by atoms with Gasteiger partial charge in [0.1, 0.15) is 17.6 Å². The Bertz CT molecular complexity index is 1470. The number of ether oxygens (including phenoxy) is 1. The van der Waals surface area contributed by atoms with Crippen molar-refractivity contribution in [1.29, 1.82) is 0 Å². The second-order valence-corrected chi connectivity index (χ2v) is 12.4. The maximum Gasteiger partial charge on any atom is 0.287 e. The first-order chi connectivity index (χ1) is 18.1. The number of hydrogen-bond donors (Lipinski definition) is 1. The fourth-order valence-electron chi connectivity index (χ4n) is 6.27. The molecule has 1 amide bonds. The molecule has 2 aliphatic carbocycles. The fourth-order valence-corrected chi connectivity index (χ4v) is 6.27. The normalized spacial score (nSPS) is 21.8. The van der Waals surface area contributed by atoms with E-state index in [0.717, 1.165) is 17.1 Å². The maximum atomic E-state index is 13.0. The molecule has 6 rings (SSSR count). The van der Waals surface area contributed by atoms with Gasteiger partial charge in [0.05, 0.1) is 0 Å². The molecule has 1 aliphatic heterocycles. The van der Waals surface area contributed by atoms with E-state index in [1.54, 1.807) is 6.07 Å². The van der Waals surface area contributed by atoms with Crippen LogP contribution in [0.2, 0.25) is 0 Å². The van der Waals surface area contributed by atoms with Crippen molar-refractivity contribution in [1.82, 2.24) is 5.32 Å². The zero-order chi connectivity index (χ0) is 26.7. The van der Waals surface area contributed by atoms with Crippen LogP contribution in [0.3, 0.4) is 0 Å². The van der Waals surface area contributed by atoms with Crippen LogP contribution in [0.5, 0.6) is 5.75 Å². The number of hydrogen-bond acceptors (Lipinski definition) is 3. The minimum atomic E-state index is -0.214. The average Bonchev–Trinajstić information content (AvgIpc) is 3.51. The summed E-state index contributed by atoms with van der Waals surface area (Å²) < 4.78 is 12.3. The van der Waals surface area contributed by atoms with Gasteiger partial charge in [-0.2, -0.15) is 0 Å². The first kappa shape index (κ1) is 24.8. The van der Waals surface area contributed by atoms with E-state index in [4.69, 9.17) is 9.15 Å². The smallest absolute Gasteiger partial charge is 0.287 e. The van der Waals surface area contributed by atoms with Crippen molar-refractivity contribution in [3.63, 3.8) is 0 Å². The molecular weight excluding hydrogens is 470 g/mol. The van der Waals surface area contributed by atoms with E-state index >= 15 is 0 Å². The van der Waals surface area contributed by atoms with Crippen molar-refractivity contribution >= 4 is 5.91 Å². The minimum Gasteiger partial charge on any atom is -0.485 e. The van der Waals surface area contributed by atoms with Gasteiger partial charge in [-0.3, -0.25) is 4.79 Å². The number of aryl methyl sites for hydroxylation is 1. The largest absolute Gasteiger partial charge is 0.485 e. The van der Waals surface area contributed by atoms with Crippen LogP contribution in [0.4, 0.5) is 0 Å². The molecule has 196 valence electrons.